The summed E-state index contributed by atoms with van der Waals surface area (Å²) in [6, 6.07) is 15.6. The highest BCUT2D eigenvalue weighted by Crippen LogP contribution is 2.19. The fraction of sp³-hybridized carbons (Fsp3) is 0.364. The molecule has 0 aliphatic rings. The largest absolute Gasteiger partial charge is 0.356 e. The van der Waals surface area contributed by atoms with Crippen LogP contribution in [0.25, 0.3) is 0 Å². The monoisotopic (exact) mass is 560 g/mol. The normalized spacial score (nSPS) is 10.9. The minimum Gasteiger partial charge on any atom is -0.356 e. The lowest BCUT2D eigenvalue weighted by molar-refractivity contribution is 0.0773. The number of halogens is 2. The SMILES string of the molecule is CCN(CC)C(=O)c1ccc(CNC(=NC)NCCSc2ccc(Cl)cc2)cc1.I. The summed E-state index contributed by atoms with van der Waals surface area (Å²) in [5.41, 5.74) is 1.82. The molecule has 164 valence electrons. The van der Waals surface area contributed by atoms with Crippen LogP contribution in [0.15, 0.2) is 58.4 Å². The third kappa shape index (κ3) is 8.73. The van der Waals surface area contributed by atoms with Crippen LogP contribution in [0.4, 0.5) is 0 Å². The quantitative estimate of drug-likeness (QED) is 0.151. The van der Waals surface area contributed by atoms with Crippen molar-refractivity contribution in [1.29, 1.82) is 0 Å². The first-order valence-corrected chi connectivity index (χ1v) is 11.1. The van der Waals surface area contributed by atoms with Crippen molar-refractivity contribution < 1.29 is 4.79 Å². The Morgan fingerprint density at radius 3 is 2.23 bits per heavy atom. The van der Waals surface area contributed by atoms with Crippen molar-refractivity contribution in [1.82, 2.24) is 15.5 Å². The second-order valence-corrected chi connectivity index (χ2v) is 7.93. The van der Waals surface area contributed by atoms with E-state index < -0.39 is 0 Å². The Bertz CT molecular complexity index is 796. The van der Waals surface area contributed by atoms with Gasteiger partial charge < -0.3 is 15.5 Å². The predicted molar refractivity (Wildman–Crippen MR) is 139 cm³/mol. The fourth-order valence-corrected chi connectivity index (χ4v) is 3.63. The van der Waals surface area contributed by atoms with E-state index in [0.29, 0.717) is 6.54 Å². The zero-order valence-electron chi connectivity index (χ0n) is 17.7. The smallest absolute Gasteiger partial charge is 0.253 e. The summed E-state index contributed by atoms with van der Waals surface area (Å²) < 4.78 is 0. The number of amides is 1. The van der Waals surface area contributed by atoms with E-state index in [4.69, 9.17) is 11.6 Å². The lowest BCUT2D eigenvalue weighted by Crippen LogP contribution is -2.37. The van der Waals surface area contributed by atoms with E-state index in [1.54, 1.807) is 18.8 Å². The van der Waals surface area contributed by atoms with Crippen LogP contribution in [-0.4, -0.2) is 49.2 Å². The lowest BCUT2D eigenvalue weighted by atomic mass is 10.1. The second kappa shape index (κ2) is 14.5. The Labute approximate surface area is 206 Å². The molecule has 0 unspecified atom stereocenters. The maximum absolute atomic E-state index is 12.4. The van der Waals surface area contributed by atoms with Crippen molar-refractivity contribution in [2.24, 2.45) is 4.99 Å². The molecule has 0 saturated carbocycles. The highest BCUT2D eigenvalue weighted by molar-refractivity contribution is 14.0. The molecule has 0 aromatic heterocycles. The Morgan fingerprint density at radius 2 is 1.67 bits per heavy atom. The Kier molecular flexibility index (Phi) is 12.9. The molecule has 0 radical (unpaired) electrons. The molecular weight excluding hydrogens is 531 g/mol. The number of carbonyl (C=O) groups is 1. The number of thioether (sulfide) groups is 1. The molecule has 2 aromatic rings. The number of guanidine groups is 1. The molecule has 0 fully saturated rings. The molecule has 0 heterocycles. The Balaban J connectivity index is 0.00000450. The van der Waals surface area contributed by atoms with Gasteiger partial charge >= 0.3 is 0 Å². The van der Waals surface area contributed by atoms with Gasteiger partial charge in [-0.25, -0.2) is 0 Å². The van der Waals surface area contributed by atoms with E-state index in [9.17, 15) is 4.79 Å². The molecule has 2 aromatic carbocycles. The third-order valence-electron chi connectivity index (χ3n) is 4.41. The number of hydrogen-bond donors (Lipinski definition) is 2. The van der Waals surface area contributed by atoms with Gasteiger partial charge in [-0.15, -0.1) is 35.7 Å². The molecule has 0 atom stereocenters. The van der Waals surface area contributed by atoms with Gasteiger partial charge in [-0.3, -0.25) is 9.79 Å². The number of aliphatic imine (C=N–C) groups is 1. The van der Waals surface area contributed by atoms with Crippen LogP contribution >= 0.6 is 47.3 Å². The maximum atomic E-state index is 12.4. The van der Waals surface area contributed by atoms with Crippen molar-refractivity contribution in [3.05, 3.63) is 64.7 Å². The molecule has 1 amide bonds. The van der Waals surface area contributed by atoms with Crippen LogP contribution in [0.2, 0.25) is 5.02 Å². The third-order valence-corrected chi connectivity index (χ3v) is 5.68. The molecule has 0 spiro atoms. The van der Waals surface area contributed by atoms with Crippen molar-refractivity contribution in [3.63, 3.8) is 0 Å². The van der Waals surface area contributed by atoms with Crippen molar-refractivity contribution in [2.75, 3.05) is 32.4 Å². The zero-order valence-corrected chi connectivity index (χ0v) is 21.6. The van der Waals surface area contributed by atoms with Crippen LogP contribution in [-0.2, 0) is 6.54 Å². The lowest BCUT2D eigenvalue weighted by Gasteiger charge is -2.18. The summed E-state index contributed by atoms with van der Waals surface area (Å²) in [4.78, 5) is 19.6. The first-order chi connectivity index (χ1) is 14.1. The van der Waals surface area contributed by atoms with Gasteiger partial charge in [0.15, 0.2) is 5.96 Å². The van der Waals surface area contributed by atoms with Gasteiger partial charge in [0.25, 0.3) is 5.91 Å². The number of carbonyl (C=O) groups excluding carboxylic acids is 1. The summed E-state index contributed by atoms with van der Waals surface area (Å²) in [5, 5.41) is 7.37. The molecule has 2 N–H and O–H groups in total. The van der Waals surface area contributed by atoms with E-state index >= 15 is 0 Å². The number of benzene rings is 2. The van der Waals surface area contributed by atoms with Gasteiger partial charge in [0.1, 0.15) is 0 Å². The van der Waals surface area contributed by atoms with Gasteiger partial charge in [-0.1, -0.05) is 23.7 Å². The molecule has 8 heteroatoms. The second-order valence-electron chi connectivity index (χ2n) is 6.33. The molecule has 5 nitrogen and oxygen atoms in total. The molecule has 0 saturated heterocycles. The summed E-state index contributed by atoms with van der Waals surface area (Å²) >= 11 is 7.67. The fourth-order valence-electron chi connectivity index (χ4n) is 2.73. The number of hydrogen-bond acceptors (Lipinski definition) is 3. The highest BCUT2D eigenvalue weighted by atomic mass is 127. The van der Waals surface area contributed by atoms with Crippen molar-refractivity contribution >= 4 is 59.2 Å². The molecule has 0 aliphatic carbocycles. The van der Waals surface area contributed by atoms with Gasteiger partial charge in [0.2, 0.25) is 0 Å². The maximum Gasteiger partial charge on any atom is 0.253 e. The van der Waals surface area contributed by atoms with Crippen LogP contribution in [0.1, 0.15) is 29.8 Å². The van der Waals surface area contributed by atoms with Crippen molar-refractivity contribution in [3.8, 4) is 0 Å². The van der Waals surface area contributed by atoms with Crippen LogP contribution < -0.4 is 10.6 Å². The van der Waals surface area contributed by atoms with Crippen molar-refractivity contribution in [2.45, 2.75) is 25.3 Å². The first kappa shape index (κ1) is 26.6. The average Bonchev–Trinajstić information content (AvgIpc) is 2.75. The van der Waals surface area contributed by atoms with Gasteiger partial charge in [0.05, 0.1) is 0 Å². The standard InChI is InChI=1S/C22H29ClN4OS.HI/c1-4-27(5-2)21(28)18-8-6-17(7-9-18)16-26-22(24-3)25-14-15-29-20-12-10-19(23)11-13-20;/h6-13H,4-5,14-16H2,1-3H3,(H2,24,25,26);1H. The Morgan fingerprint density at radius 1 is 1.03 bits per heavy atom. The van der Waals surface area contributed by atoms with E-state index in [-0.39, 0.29) is 29.9 Å². The van der Waals surface area contributed by atoms with Crippen LogP contribution in [0.5, 0.6) is 0 Å². The van der Waals surface area contributed by atoms with Crippen LogP contribution in [0.3, 0.4) is 0 Å². The summed E-state index contributed by atoms with van der Waals surface area (Å²) in [6.07, 6.45) is 0. The minimum absolute atomic E-state index is 0. The molecule has 30 heavy (non-hydrogen) atoms. The van der Waals surface area contributed by atoms with Gasteiger partial charge in [-0.2, -0.15) is 0 Å². The molecule has 0 aliphatic heterocycles. The zero-order chi connectivity index (χ0) is 21.1. The predicted octanol–water partition coefficient (Wildman–Crippen LogP) is 4.90. The van der Waals surface area contributed by atoms with E-state index in [0.717, 1.165) is 47.5 Å². The Hall–Kier alpha value is -1.45. The van der Waals surface area contributed by atoms with E-state index in [1.807, 2.05) is 67.3 Å². The summed E-state index contributed by atoms with van der Waals surface area (Å²) in [7, 11) is 1.76. The summed E-state index contributed by atoms with van der Waals surface area (Å²) in [6.45, 7) is 6.86. The molecule has 0 bridgehead atoms. The van der Waals surface area contributed by atoms with Gasteiger partial charge in [0, 0.05) is 54.5 Å². The van der Waals surface area contributed by atoms with Crippen LogP contribution in [0, 0.1) is 0 Å². The first-order valence-electron chi connectivity index (χ1n) is 9.78. The number of nitrogens with one attached hydrogen (secondary N) is 2. The number of nitrogens with zero attached hydrogens (tertiary/aromatic N) is 2. The highest BCUT2D eigenvalue weighted by Gasteiger charge is 2.11. The minimum atomic E-state index is 0. The summed E-state index contributed by atoms with van der Waals surface area (Å²) in [5.74, 6) is 1.75. The number of rotatable bonds is 9. The topological polar surface area (TPSA) is 56.7 Å². The molecular formula is C22H30ClIN4OS. The average molecular weight is 561 g/mol. The van der Waals surface area contributed by atoms with E-state index in [1.165, 1.54) is 4.90 Å². The van der Waals surface area contributed by atoms with Gasteiger partial charge in [-0.05, 0) is 55.8 Å². The van der Waals surface area contributed by atoms with E-state index in [2.05, 4.69) is 15.6 Å². The molecule has 2 rings (SSSR count).